The normalized spacial score (nSPS) is 13.0. The molecular weight excluding hydrogens is 402 g/mol. The molecule has 32 heavy (non-hydrogen) atoms. The molecule has 0 saturated carbocycles. The van der Waals surface area contributed by atoms with Crippen LogP contribution in [0.5, 0.6) is 5.75 Å². The van der Waals surface area contributed by atoms with Gasteiger partial charge in [-0.05, 0) is 48.4 Å². The van der Waals surface area contributed by atoms with E-state index in [0.29, 0.717) is 54.3 Å². The first-order chi connectivity index (χ1) is 15.7. The Kier molecular flexibility index (Phi) is 6.29. The summed E-state index contributed by atoms with van der Waals surface area (Å²) in [6.45, 7) is 2.52. The van der Waals surface area contributed by atoms with Crippen LogP contribution in [0.25, 0.3) is 0 Å². The molecule has 1 aliphatic rings. The van der Waals surface area contributed by atoms with Crippen LogP contribution in [0.1, 0.15) is 27.2 Å². The van der Waals surface area contributed by atoms with Crippen molar-refractivity contribution in [3.05, 3.63) is 83.3 Å². The topological polar surface area (TPSA) is 82.4 Å². The SMILES string of the molecule is COc1ccc(C(=O)N2CCN(c3ccc(C#N)cn3)CC2)cc1C#Cc1ccccn1. The Hall–Kier alpha value is -4.36. The number of methoxy groups -OCH3 is 1. The summed E-state index contributed by atoms with van der Waals surface area (Å²) in [6, 6.07) is 16.5. The van der Waals surface area contributed by atoms with Gasteiger partial charge in [-0.25, -0.2) is 9.97 Å². The fourth-order valence-corrected chi connectivity index (χ4v) is 3.47. The van der Waals surface area contributed by atoms with Crippen molar-refractivity contribution in [3.63, 3.8) is 0 Å². The van der Waals surface area contributed by atoms with E-state index >= 15 is 0 Å². The number of hydrogen-bond acceptors (Lipinski definition) is 6. The molecule has 1 aliphatic heterocycles. The van der Waals surface area contributed by atoms with Gasteiger partial charge in [-0.2, -0.15) is 5.26 Å². The second kappa shape index (κ2) is 9.63. The lowest BCUT2D eigenvalue weighted by Crippen LogP contribution is -2.49. The molecule has 158 valence electrons. The lowest BCUT2D eigenvalue weighted by Gasteiger charge is -2.35. The third kappa shape index (κ3) is 4.69. The van der Waals surface area contributed by atoms with Crippen molar-refractivity contribution in [1.82, 2.24) is 14.9 Å². The van der Waals surface area contributed by atoms with Gasteiger partial charge < -0.3 is 14.5 Å². The van der Waals surface area contributed by atoms with Crippen LogP contribution in [-0.4, -0.2) is 54.1 Å². The Morgan fingerprint density at radius 1 is 1.03 bits per heavy atom. The Bertz CT molecular complexity index is 1200. The maximum absolute atomic E-state index is 13.1. The average molecular weight is 423 g/mol. The van der Waals surface area contributed by atoms with Crippen LogP contribution >= 0.6 is 0 Å². The predicted molar refractivity (Wildman–Crippen MR) is 120 cm³/mol. The molecule has 1 amide bonds. The van der Waals surface area contributed by atoms with Crippen LogP contribution < -0.4 is 9.64 Å². The zero-order chi connectivity index (χ0) is 22.3. The largest absolute Gasteiger partial charge is 0.495 e. The van der Waals surface area contributed by atoms with Gasteiger partial charge in [0.2, 0.25) is 0 Å². The van der Waals surface area contributed by atoms with Gasteiger partial charge in [0.25, 0.3) is 5.91 Å². The molecule has 0 aliphatic carbocycles. The van der Waals surface area contributed by atoms with E-state index in [1.807, 2.05) is 29.2 Å². The molecular formula is C25H21N5O2. The highest BCUT2D eigenvalue weighted by Crippen LogP contribution is 2.21. The molecule has 1 fully saturated rings. The van der Waals surface area contributed by atoms with Crippen LogP contribution in [0, 0.1) is 23.2 Å². The number of benzene rings is 1. The first-order valence-corrected chi connectivity index (χ1v) is 10.2. The van der Waals surface area contributed by atoms with Crippen molar-refractivity contribution in [1.29, 1.82) is 5.26 Å². The summed E-state index contributed by atoms with van der Waals surface area (Å²) < 4.78 is 5.41. The van der Waals surface area contributed by atoms with Gasteiger partial charge in [-0.1, -0.05) is 12.0 Å². The van der Waals surface area contributed by atoms with Crippen molar-refractivity contribution < 1.29 is 9.53 Å². The molecule has 0 atom stereocenters. The molecule has 3 aromatic rings. The minimum absolute atomic E-state index is 0.0408. The van der Waals surface area contributed by atoms with E-state index in [0.717, 1.165) is 5.82 Å². The number of ether oxygens (including phenoxy) is 1. The Morgan fingerprint density at radius 3 is 2.53 bits per heavy atom. The smallest absolute Gasteiger partial charge is 0.254 e. The highest BCUT2D eigenvalue weighted by Gasteiger charge is 2.23. The number of anilines is 1. The number of carbonyl (C=O) groups is 1. The Balaban J connectivity index is 1.46. The third-order valence-corrected chi connectivity index (χ3v) is 5.20. The zero-order valence-corrected chi connectivity index (χ0v) is 17.7. The van der Waals surface area contributed by atoms with E-state index in [4.69, 9.17) is 10.00 Å². The summed E-state index contributed by atoms with van der Waals surface area (Å²) in [6.07, 6.45) is 3.26. The van der Waals surface area contributed by atoms with Gasteiger partial charge in [0.15, 0.2) is 0 Å². The third-order valence-electron chi connectivity index (χ3n) is 5.20. The number of nitriles is 1. The molecule has 0 bridgehead atoms. The number of rotatable bonds is 3. The maximum atomic E-state index is 13.1. The number of hydrogen-bond donors (Lipinski definition) is 0. The molecule has 4 rings (SSSR count). The van der Waals surface area contributed by atoms with Gasteiger partial charge in [0.05, 0.1) is 18.2 Å². The first-order valence-electron chi connectivity index (χ1n) is 10.2. The highest BCUT2D eigenvalue weighted by molar-refractivity contribution is 5.95. The molecule has 2 aromatic heterocycles. The van der Waals surface area contributed by atoms with E-state index < -0.39 is 0 Å². The standard InChI is InChI=1S/C25H21N5O2/c1-32-23-9-7-21(16-20(23)6-8-22-4-2-3-11-27-22)25(31)30-14-12-29(13-15-30)24-10-5-19(17-26)18-28-24/h2-5,7,9-11,16,18H,12-15H2,1H3. The number of pyridine rings is 2. The summed E-state index contributed by atoms with van der Waals surface area (Å²) in [7, 11) is 1.58. The zero-order valence-electron chi connectivity index (χ0n) is 17.7. The van der Waals surface area contributed by atoms with Gasteiger partial charge in [0, 0.05) is 44.1 Å². The number of aromatic nitrogens is 2. The minimum Gasteiger partial charge on any atom is -0.495 e. The van der Waals surface area contributed by atoms with Crippen molar-refractivity contribution in [2.75, 3.05) is 38.2 Å². The Labute approximate surface area is 186 Å². The van der Waals surface area contributed by atoms with Gasteiger partial charge in [-0.3, -0.25) is 4.79 Å². The van der Waals surface area contributed by atoms with E-state index in [1.165, 1.54) is 0 Å². The molecule has 0 N–H and O–H groups in total. The minimum atomic E-state index is -0.0408. The Morgan fingerprint density at radius 2 is 1.88 bits per heavy atom. The van der Waals surface area contributed by atoms with E-state index in [1.54, 1.807) is 43.8 Å². The quantitative estimate of drug-likeness (QED) is 0.603. The first kappa shape index (κ1) is 20.9. The highest BCUT2D eigenvalue weighted by atomic mass is 16.5. The molecule has 0 unspecified atom stereocenters. The van der Waals surface area contributed by atoms with Gasteiger partial charge >= 0.3 is 0 Å². The molecule has 7 heteroatoms. The second-order valence-corrected chi connectivity index (χ2v) is 7.18. The van der Waals surface area contributed by atoms with Crippen molar-refractivity contribution >= 4 is 11.7 Å². The summed E-state index contributed by atoms with van der Waals surface area (Å²) in [5.41, 5.74) is 2.40. The summed E-state index contributed by atoms with van der Waals surface area (Å²) >= 11 is 0. The van der Waals surface area contributed by atoms with E-state index in [9.17, 15) is 4.79 Å². The monoisotopic (exact) mass is 423 g/mol. The molecule has 0 spiro atoms. The van der Waals surface area contributed by atoms with Crippen LogP contribution in [-0.2, 0) is 0 Å². The summed E-state index contributed by atoms with van der Waals surface area (Å²) in [5.74, 6) is 7.47. The molecule has 7 nitrogen and oxygen atoms in total. The number of carbonyl (C=O) groups excluding carboxylic acids is 1. The van der Waals surface area contributed by atoms with Crippen LogP contribution in [0.2, 0.25) is 0 Å². The van der Waals surface area contributed by atoms with Crippen LogP contribution in [0.15, 0.2) is 60.9 Å². The molecule has 0 radical (unpaired) electrons. The fraction of sp³-hybridized carbons (Fsp3) is 0.200. The summed E-state index contributed by atoms with van der Waals surface area (Å²) in [5, 5.41) is 8.92. The number of nitrogens with zero attached hydrogens (tertiary/aromatic N) is 5. The van der Waals surface area contributed by atoms with E-state index in [2.05, 4.69) is 32.8 Å². The number of amides is 1. The average Bonchev–Trinajstić information content (AvgIpc) is 2.87. The molecule has 1 aromatic carbocycles. The van der Waals surface area contributed by atoms with Crippen LogP contribution in [0.3, 0.4) is 0 Å². The maximum Gasteiger partial charge on any atom is 0.254 e. The van der Waals surface area contributed by atoms with Crippen molar-refractivity contribution in [3.8, 4) is 23.7 Å². The lowest BCUT2D eigenvalue weighted by atomic mass is 10.1. The second-order valence-electron chi connectivity index (χ2n) is 7.18. The van der Waals surface area contributed by atoms with Gasteiger partial charge in [0.1, 0.15) is 23.3 Å². The number of piperazine rings is 1. The lowest BCUT2D eigenvalue weighted by molar-refractivity contribution is 0.0746. The fourth-order valence-electron chi connectivity index (χ4n) is 3.47. The van der Waals surface area contributed by atoms with Gasteiger partial charge in [-0.15, -0.1) is 0 Å². The van der Waals surface area contributed by atoms with Crippen molar-refractivity contribution in [2.45, 2.75) is 0 Å². The van der Waals surface area contributed by atoms with E-state index in [-0.39, 0.29) is 5.91 Å². The molecule has 3 heterocycles. The molecule has 1 saturated heterocycles. The summed E-state index contributed by atoms with van der Waals surface area (Å²) in [4.78, 5) is 25.6. The van der Waals surface area contributed by atoms with Crippen LogP contribution in [0.4, 0.5) is 5.82 Å². The van der Waals surface area contributed by atoms with Crippen molar-refractivity contribution in [2.24, 2.45) is 0 Å². The predicted octanol–water partition coefficient (Wildman–Crippen LogP) is 2.72.